The maximum Gasteiger partial charge on any atom is 0.0322 e. The van der Waals surface area contributed by atoms with E-state index in [9.17, 15) is 0 Å². The van der Waals surface area contributed by atoms with Crippen molar-refractivity contribution in [2.45, 2.75) is 71.9 Å². The van der Waals surface area contributed by atoms with E-state index in [2.05, 4.69) is 63.3 Å². The van der Waals surface area contributed by atoms with Gasteiger partial charge < -0.3 is 5.32 Å². The van der Waals surface area contributed by atoms with Gasteiger partial charge in [-0.15, -0.1) is 0 Å². The maximum absolute atomic E-state index is 3.84. The minimum Gasteiger partial charge on any atom is -0.307 e. The Balaban J connectivity index is 2.64. The first-order valence-electron chi connectivity index (χ1n) is 8.00. The summed E-state index contributed by atoms with van der Waals surface area (Å²) in [6, 6.07) is 12.0. The molecule has 0 aliphatic rings. The highest BCUT2D eigenvalue weighted by molar-refractivity contribution is 5.19. The number of hydrogen-bond donors (Lipinski definition) is 1. The molecule has 3 unspecified atom stereocenters. The van der Waals surface area contributed by atoms with Crippen LogP contribution in [0.2, 0.25) is 0 Å². The quantitative estimate of drug-likeness (QED) is 0.592. The Labute approximate surface area is 119 Å². The molecule has 1 aromatic rings. The minimum atomic E-state index is 0.511. The average Bonchev–Trinajstić information content (AvgIpc) is 2.46. The van der Waals surface area contributed by atoms with Crippen LogP contribution in [0, 0.1) is 5.92 Å². The van der Waals surface area contributed by atoms with Crippen molar-refractivity contribution >= 4 is 0 Å². The highest BCUT2D eigenvalue weighted by Crippen LogP contribution is 2.22. The summed E-state index contributed by atoms with van der Waals surface area (Å²) < 4.78 is 0. The highest BCUT2D eigenvalue weighted by Gasteiger charge is 2.17. The molecular weight excluding hydrogens is 230 g/mol. The predicted molar refractivity (Wildman–Crippen MR) is 85.4 cm³/mol. The van der Waals surface area contributed by atoms with Crippen LogP contribution in [-0.2, 0) is 0 Å². The van der Waals surface area contributed by atoms with Crippen LogP contribution in [0.25, 0.3) is 0 Å². The van der Waals surface area contributed by atoms with E-state index in [1.807, 2.05) is 0 Å². The molecule has 0 spiro atoms. The standard InChI is InChI=1S/C18H31N/c1-5-7-9-14-18(17-12-10-8-11-13-17)19-16(4)15(3)6-2/h8,10-13,15-16,18-19H,5-7,9,14H2,1-4H3. The van der Waals surface area contributed by atoms with E-state index in [0.717, 1.165) is 5.92 Å². The summed E-state index contributed by atoms with van der Waals surface area (Å²) >= 11 is 0. The number of unbranched alkanes of at least 4 members (excludes halogenated alkanes) is 2. The molecule has 1 rings (SSSR count). The zero-order chi connectivity index (χ0) is 14.1. The van der Waals surface area contributed by atoms with Gasteiger partial charge in [0.15, 0.2) is 0 Å². The molecule has 0 bridgehead atoms. The number of hydrogen-bond acceptors (Lipinski definition) is 1. The van der Waals surface area contributed by atoms with Gasteiger partial charge in [0.25, 0.3) is 0 Å². The summed E-state index contributed by atoms with van der Waals surface area (Å²) in [5.41, 5.74) is 1.44. The monoisotopic (exact) mass is 261 g/mol. The van der Waals surface area contributed by atoms with E-state index in [4.69, 9.17) is 0 Å². The largest absolute Gasteiger partial charge is 0.307 e. The van der Waals surface area contributed by atoms with Crippen LogP contribution in [0.4, 0.5) is 0 Å². The minimum absolute atomic E-state index is 0.511. The van der Waals surface area contributed by atoms with E-state index in [1.54, 1.807) is 0 Å². The van der Waals surface area contributed by atoms with E-state index in [-0.39, 0.29) is 0 Å². The molecule has 0 saturated heterocycles. The summed E-state index contributed by atoms with van der Waals surface area (Å²) in [6.07, 6.45) is 6.44. The first kappa shape index (κ1) is 16.2. The van der Waals surface area contributed by atoms with E-state index in [0.29, 0.717) is 12.1 Å². The summed E-state index contributed by atoms with van der Waals surface area (Å²) in [7, 11) is 0. The third kappa shape index (κ3) is 5.78. The van der Waals surface area contributed by atoms with Gasteiger partial charge in [-0.1, -0.05) is 76.8 Å². The molecule has 0 saturated carbocycles. The molecule has 0 fully saturated rings. The van der Waals surface area contributed by atoms with Gasteiger partial charge in [0, 0.05) is 12.1 Å². The lowest BCUT2D eigenvalue weighted by Gasteiger charge is -2.27. The molecule has 0 radical (unpaired) electrons. The Morgan fingerprint density at radius 3 is 2.26 bits per heavy atom. The molecule has 1 nitrogen and oxygen atoms in total. The van der Waals surface area contributed by atoms with Gasteiger partial charge in [0.05, 0.1) is 0 Å². The zero-order valence-corrected chi connectivity index (χ0v) is 13.2. The van der Waals surface area contributed by atoms with Crippen LogP contribution < -0.4 is 5.32 Å². The molecule has 0 amide bonds. The third-order valence-corrected chi connectivity index (χ3v) is 4.26. The van der Waals surface area contributed by atoms with Crippen LogP contribution in [0.5, 0.6) is 0 Å². The van der Waals surface area contributed by atoms with Crippen molar-refractivity contribution in [2.75, 3.05) is 0 Å². The Bertz CT molecular complexity index is 320. The lowest BCUT2D eigenvalue weighted by molar-refractivity contribution is 0.336. The Morgan fingerprint density at radius 1 is 1.00 bits per heavy atom. The lowest BCUT2D eigenvalue weighted by Crippen LogP contribution is -2.35. The number of nitrogens with one attached hydrogen (secondary N) is 1. The molecule has 1 heteroatoms. The van der Waals surface area contributed by atoms with E-state index >= 15 is 0 Å². The average molecular weight is 261 g/mol. The van der Waals surface area contributed by atoms with Gasteiger partial charge in [0.2, 0.25) is 0 Å². The highest BCUT2D eigenvalue weighted by atomic mass is 14.9. The van der Waals surface area contributed by atoms with Crippen LogP contribution in [0.3, 0.4) is 0 Å². The first-order chi connectivity index (χ1) is 9.19. The number of rotatable bonds is 9. The van der Waals surface area contributed by atoms with Crippen molar-refractivity contribution in [3.05, 3.63) is 35.9 Å². The molecular formula is C18H31N. The Kier molecular flexibility index (Phi) is 7.81. The Hall–Kier alpha value is -0.820. The van der Waals surface area contributed by atoms with Gasteiger partial charge in [-0.2, -0.15) is 0 Å². The second-order valence-electron chi connectivity index (χ2n) is 5.80. The molecule has 0 aromatic heterocycles. The van der Waals surface area contributed by atoms with Crippen molar-refractivity contribution in [2.24, 2.45) is 5.92 Å². The van der Waals surface area contributed by atoms with Gasteiger partial charge >= 0.3 is 0 Å². The maximum atomic E-state index is 3.84. The SMILES string of the molecule is CCCCCC(NC(C)C(C)CC)c1ccccc1. The van der Waals surface area contributed by atoms with E-state index < -0.39 is 0 Å². The van der Waals surface area contributed by atoms with Crippen molar-refractivity contribution in [3.63, 3.8) is 0 Å². The lowest BCUT2D eigenvalue weighted by atomic mass is 9.95. The normalized spacial score (nSPS) is 16.0. The summed E-state index contributed by atoms with van der Waals surface area (Å²) in [5.74, 6) is 0.734. The number of benzene rings is 1. The fourth-order valence-electron chi connectivity index (χ4n) is 2.47. The second-order valence-corrected chi connectivity index (χ2v) is 5.80. The van der Waals surface area contributed by atoms with Crippen LogP contribution in [-0.4, -0.2) is 6.04 Å². The zero-order valence-electron chi connectivity index (χ0n) is 13.2. The summed E-state index contributed by atoms with van der Waals surface area (Å²) in [5, 5.41) is 3.84. The van der Waals surface area contributed by atoms with Crippen LogP contribution >= 0.6 is 0 Å². The van der Waals surface area contributed by atoms with Gasteiger partial charge in [-0.05, 0) is 24.8 Å². The van der Waals surface area contributed by atoms with Crippen LogP contribution in [0.1, 0.15) is 71.4 Å². The smallest absolute Gasteiger partial charge is 0.0322 e. The molecule has 1 N–H and O–H groups in total. The topological polar surface area (TPSA) is 12.0 Å². The Morgan fingerprint density at radius 2 is 1.68 bits per heavy atom. The van der Waals surface area contributed by atoms with Gasteiger partial charge in [-0.25, -0.2) is 0 Å². The molecule has 108 valence electrons. The molecule has 0 aliphatic carbocycles. The second kappa shape index (κ2) is 9.14. The molecule has 1 aromatic carbocycles. The fourth-order valence-corrected chi connectivity index (χ4v) is 2.47. The van der Waals surface area contributed by atoms with E-state index in [1.165, 1.54) is 37.7 Å². The summed E-state index contributed by atoms with van der Waals surface area (Å²) in [4.78, 5) is 0. The third-order valence-electron chi connectivity index (χ3n) is 4.26. The predicted octanol–water partition coefficient (Wildman–Crippen LogP) is 5.33. The fraction of sp³-hybridized carbons (Fsp3) is 0.667. The molecule has 0 aliphatic heterocycles. The van der Waals surface area contributed by atoms with Crippen molar-refractivity contribution < 1.29 is 0 Å². The molecule has 19 heavy (non-hydrogen) atoms. The van der Waals surface area contributed by atoms with Gasteiger partial charge in [-0.3, -0.25) is 0 Å². The van der Waals surface area contributed by atoms with Crippen molar-refractivity contribution in [1.82, 2.24) is 5.32 Å². The van der Waals surface area contributed by atoms with Gasteiger partial charge in [0.1, 0.15) is 0 Å². The first-order valence-corrected chi connectivity index (χ1v) is 8.00. The van der Waals surface area contributed by atoms with Crippen molar-refractivity contribution in [3.8, 4) is 0 Å². The molecule has 0 heterocycles. The summed E-state index contributed by atoms with van der Waals surface area (Å²) in [6.45, 7) is 9.21. The van der Waals surface area contributed by atoms with Crippen LogP contribution in [0.15, 0.2) is 30.3 Å². The molecule has 3 atom stereocenters. The van der Waals surface area contributed by atoms with Crippen molar-refractivity contribution in [1.29, 1.82) is 0 Å².